The monoisotopic (exact) mass is 530 g/mol. The average molecular weight is 531 g/mol. The predicted octanol–water partition coefficient (Wildman–Crippen LogP) is 2.17. The van der Waals surface area contributed by atoms with Crippen LogP contribution in [0.2, 0.25) is 0 Å². The molecule has 0 spiro atoms. The van der Waals surface area contributed by atoms with Crippen LogP contribution in [0.4, 0.5) is 0 Å². The van der Waals surface area contributed by atoms with Gasteiger partial charge in [-0.25, -0.2) is 9.59 Å². The van der Waals surface area contributed by atoms with E-state index in [2.05, 4.69) is 21.9 Å². The van der Waals surface area contributed by atoms with Gasteiger partial charge in [-0.1, -0.05) is 24.3 Å². The van der Waals surface area contributed by atoms with Gasteiger partial charge in [0, 0.05) is 39.3 Å². The zero-order valence-corrected chi connectivity index (χ0v) is 21.5. The molecule has 1 fully saturated rings. The summed E-state index contributed by atoms with van der Waals surface area (Å²) in [5.74, 6) is -0.679. The Morgan fingerprint density at radius 3 is 2.32 bits per heavy atom. The van der Waals surface area contributed by atoms with Gasteiger partial charge in [-0.05, 0) is 42.3 Å². The van der Waals surface area contributed by atoms with Crippen molar-refractivity contribution in [1.82, 2.24) is 9.80 Å². The standard InChI is InChI=1S/C25H32N2O5.C2H2O4/c1-3-4-19-5-7-22(24(13-19)29-2)30-17-21(28)16-27-11-9-26(10-12-27)15-20-6-8-23-25(14-20)32-18-31-23;3-1(4)2(5)6/h3-8,13-14,21,28H,9-12,15-18H2,1-2H3;(H,3,4)(H,5,6). The Morgan fingerprint density at radius 1 is 0.974 bits per heavy atom. The quantitative estimate of drug-likeness (QED) is 0.411. The summed E-state index contributed by atoms with van der Waals surface area (Å²) in [7, 11) is 1.63. The average Bonchev–Trinajstić information content (AvgIpc) is 3.37. The van der Waals surface area contributed by atoms with Gasteiger partial charge in [0.05, 0.1) is 7.11 Å². The molecule has 2 aromatic carbocycles. The van der Waals surface area contributed by atoms with Crippen molar-refractivity contribution in [1.29, 1.82) is 0 Å². The Kier molecular flexibility index (Phi) is 10.8. The highest BCUT2D eigenvalue weighted by atomic mass is 16.7. The maximum Gasteiger partial charge on any atom is 0.414 e. The number of piperazine rings is 1. The van der Waals surface area contributed by atoms with Crippen LogP contribution in [-0.4, -0.2) is 96.4 Å². The van der Waals surface area contributed by atoms with Crippen LogP contribution in [0.15, 0.2) is 42.5 Å². The van der Waals surface area contributed by atoms with E-state index >= 15 is 0 Å². The van der Waals surface area contributed by atoms with E-state index in [0.717, 1.165) is 49.8 Å². The number of aliphatic hydroxyl groups excluding tert-OH is 1. The van der Waals surface area contributed by atoms with Gasteiger partial charge < -0.3 is 34.3 Å². The molecule has 1 atom stereocenters. The van der Waals surface area contributed by atoms with E-state index in [-0.39, 0.29) is 6.61 Å². The van der Waals surface area contributed by atoms with E-state index in [9.17, 15) is 5.11 Å². The molecule has 11 heteroatoms. The molecule has 1 saturated heterocycles. The molecule has 2 aliphatic rings. The lowest BCUT2D eigenvalue weighted by Crippen LogP contribution is -2.48. The fourth-order valence-electron chi connectivity index (χ4n) is 4.06. The second-order valence-corrected chi connectivity index (χ2v) is 8.75. The third-order valence-corrected chi connectivity index (χ3v) is 5.94. The molecule has 206 valence electrons. The van der Waals surface area contributed by atoms with Gasteiger partial charge in [0.15, 0.2) is 23.0 Å². The van der Waals surface area contributed by atoms with Crippen molar-refractivity contribution >= 4 is 18.0 Å². The van der Waals surface area contributed by atoms with Gasteiger partial charge in [0.25, 0.3) is 0 Å². The minimum atomic E-state index is -1.82. The first-order chi connectivity index (χ1) is 18.3. The molecule has 0 aliphatic carbocycles. The van der Waals surface area contributed by atoms with Crippen molar-refractivity contribution in [2.24, 2.45) is 0 Å². The van der Waals surface area contributed by atoms with Gasteiger partial charge in [-0.3, -0.25) is 9.80 Å². The number of nitrogens with zero attached hydrogens (tertiary/aromatic N) is 2. The Labute approximate surface area is 221 Å². The first kappa shape index (κ1) is 28.8. The molecule has 0 aromatic heterocycles. The zero-order chi connectivity index (χ0) is 27.5. The molecule has 1 unspecified atom stereocenters. The number of carboxylic acids is 2. The second kappa shape index (κ2) is 14.2. The highest BCUT2D eigenvalue weighted by Crippen LogP contribution is 2.33. The molecule has 3 N–H and O–H groups in total. The van der Waals surface area contributed by atoms with Crippen molar-refractivity contribution in [3.05, 3.63) is 53.6 Å². The van der Waals surface area contributed by atoms with Crippen LogP contribution in [-0.2, 0) is 16.1 Å². The van der Waals surface area contributed by atoms with Gasteiger partial charge in [0.2, 0.25) is 6.79 Å². The third-order valence-electron chi connectivity index (χ3n) is 5.94. The fraction of sp³-hybridized carbons (Fsp3) is 0.407. The summed E-state index contributed by atoms with van der Waals surface area (Å²) in [5, 5.41) is 25.3. The van der Waals surface area contributed by atoms with E-state index in [0.29, 0.717) is 24.8 Å². The van der Waals surface area contributed by atoms with Crippen molar-refractivity contribution in [2.45, 2.75) is 19.6 Å². The summed E-state index contributed by atoms with van der Waals surface area (Å²) >= 11 is 0. The van der Waals surface area contributed by atoms with E-state index in [4.69, 9.17) is 38.7 Å². The van der Waals surface area contributed by atoms with Crippen LogP contribution in [0.25, 0.3) is 6.08 Å². The van der Waals surface area contributed by atoms with Gasteiger partial charge >= 0.3 is 11.9 Å². The highest BCUT2D eigenvalue weighted by Gasteiger charge is 2.21. The lowest BCUT2D eigenvalue weighted by molar-refractivity contribution is -0.159. The molecule has 2 aliphatic heterocycles. The Morgan fingerprint density at radius 2 is 1.66 bits per heavy atom. The van der Waals surface area contributed by atoms with E-state index < -0.39 is 18.0 Å². The Hall–Kier alpha value is -3.80. The molecule has 0 saturated carbocycles. The van der Waals surface area contributed by atoms with Crippen LogP contribution in [0.5, 0.6) is 23.0 Å². The number of ether oxygens (including phenoxy) is 4. The number of hydrogen-bond acceptors (Lipinski definition) is 9. The summed E-state index contributed by atoms with van der Waals surface area (Å²) in [5.41, 5.74) is 2.28. The molecule has 0 amide bonds. The number of benzene rings is 2. The van der Waals surface area contributed by atoms with Crippen LogP contribution in [0.3, 0.4) is 0 Å². The molecule has 38 heavy (non-hydrogen) atoms. The molecule has 2 aromatic rings. The van der Waals surface area contributed by atoms with Crippen molar-refractivity contribution in [2.75, 3.05) is 53.2 Å². The number of carbonyl (C=O) groups is 2. The van der Waals surface area contributed by atoms with Crippen LogP contribution < -0.4 is 18.9 Å². The number of β-amino-alcohol motifs (C(OH)–C–C–N with tert-alkyl or cyclic N) is 1. The molecule has 4 rings (SSSR count). The largest absolute Gasteiger partial charge is 0.493 e. The van der Waals surface area contributed by atoms with Crippen molar-refractivity contribution in [3.8, 4) is 23.0 Å². The van der Waals surface area contributed by atoms with Crippen LogP contribution in [0, 0.1) is 0 Å². The molecule has 11 nitrogen and oxygen atoms in total. The molecular formula is C27H34N2O9. The smallest absolute Gasteiger partial charge is 0.414 e. The highest BCUT2D eigenvalue weighted by molar-refractivity contribution is 6.27. The number of carboxylic acid groups (broad SMARTS) is 2. The first-order valence-corrected chi connectivity index (χ1v) is 12.2. The van der Waals surface area contributed by atoms with E-state index in [1.54, 1.807) is 7.11 Å². The molecule has 2 heterocycles. The molecule has 0 radical (unpaired) electrons. The second-order valence-electron chi connectivity index (χ2n) is 8.75. The molecule has 0 bridgehead atoms. The minimum absolute atomic E-state index is 0.233. The summed E-state index contributed by atoms with van der Waals surface area (Å²) in [4.78, 5) is 22.9. The number of aliphatic hydroxyl groups is 1. The number of methoxy groups -OCH3 is 1. The third kappa shape index (κ3) is 8.65. The number of allylic oxidation sites excluding steroid dienone is 1. The topological polar surface area (TPSA) is 138 Å². The number of hydrogen-bond donors (Lipinski definition) is 3. The minimum Gasteiger partial charge on any atom is -0.493 e. The van der Waals surface area contributed by atoms with Gasteiger partial charge in [-0.15, -0.1) is 0 Å². The van der Waals surface area contributed by atoms with Crippen molar-refractivity contribution < 1.29 is 43.9 Å². The fourth-order valence-corrected chi connectivity index (χ4v) is 4.06. The van der Waals surface area contributed by atoms with E-state index in [1.807, 2.05) is 43.3 Å². The van der Waals surface area contributed by atoms with E-state index in [1.165, 1.54) is 5.56 Å². The van der Waals surface area contributed by atoms with Crippen LogP contribution in [0.1, 0.15) is 18.1 Å². The number of aliphatic carboxylic acids is 2. The zero-order valence-electron chi connectivity index (χ0n) is 21.5. The predicted molar refractivity (Wildman–Crippen MR) is 139 cm³/mol. The first-order valence-electron chi connectivity index (χ1n) is 12.2. The lowest BCUT2D eigenvalue weighted by Gasteiger charge is -2.35. The van der Waals surface area contributed by atoms with Gasteiger partial charge in [-0.2, -0.15) is 0 Å². The van der Waals surface area contributed by atoms with Gasteiger partial charge in [0.1, 0.15) is 12.7 Å². The summed E-state index contributed by atoms with van der Waals surface area (Å²) in [6, 6.07) is 11.9. The maximum atomic E-state index is 10.5. The number of fused-ring (bicyclic) bond motifs is 1. The summed E-state index contributed by atoms with van der Waals surface area (Å²) < 4.78 is 22.1. The summed E-state index contributed by atoms with van der Waals surface area (Å²) in [6.45, 7) is 7.76. The maximum absolute atomic E-state index is 10.5. The SMILES string of the molecule is CC=Cc1ccc(OCC(O)CN2CCN(Cc3ccc4c(c3)OCO4)CC2)c(OC)c1.O=C(O)C(=O)O. The Balaban J connectivity index is 0.000000599. The normalized spacial score (nSPS) is 16.0. The number of rotatable bonds is 9. The van der Waals surface area contributed by atoms with Crippen molar-refractivity contribution in [3.63, 3.8) is 0 Å². The summed E-state index contributed by atoms with van der Waals surface area (Å²) in [6.07, 6.45) is 3.43. The van der Waals surface area contributed by atoms with Crippen LogP contribution >= 0.6 is 0 Å². The lowest BCUT2D eigenvalue weighted by atomic mass is 10.1. The molecular weight excluding hydrogens is 496 g/mol. The Bertz CT molecular complexity index is 1100.